The van der Waals surface area contributed by atoms with Crippen molar-refractivity contribution in [3.8, 4) is 11.3 Å². The van der Waals surface area contributed by atoms with Crippen molar-refractivity contribution in [2.24, 2.45) is 0 Å². The summed E-state index contributed by atoms with van der Waals surface area (Å²) in [6.45, 7) is 3.23. The summed E-state index contributed by atoms with van der Waals surface area (Å²) in [6.07, 6.45) is 6.96. The van der Waals surface area contributed by atoms with Gasteiger partial charge in [0.25, 0.3) is 0 Å². The van der Waals surface area contributed by atoms with E-state index in [-0.39, 0.29) is 12.0 Å². The topological polar surface area (TPSA) is 83.7 Å². The van der Waals surface area contributed by atoms with Crippen molar-refractivity contribution < 1.29 is 19.1 Å². The number of benzene rings is 1. The van der Waals surface area contributed by atoms with Crippen LogP contribution in [0, 0.1) is 0 Å². The van der Waals surface area contributed by atoms with Gasteiger partial charge in [-0.15, -0.1) is 0 Å². The molecular weight excluding hydrogens is 474 g/mol. The number of nitrogens with one attached hydrogen (secondary N) is 2. The second kappa shape index (κ2) is 11.5. The number of fused-ring (bicyclic) bond motifs is 1. The molecule has 4 rings (SSSR count). The molecule has 2 aromatic rings. The zero-order valence-corrected chi connectivity index (χ0v) is 20.5. The van der Waals surface area contributed by atoms with Crippen molar-refractivity contribution in [3.63, 3.8) is 0 Å². The van der Waals surface area contributed by atoms with Gasteiger partial charge in [-0.25, -0.2) is 4.79 Å². The first-order valence-corrected chi connectivity index (χ1v) is 11.8. The van der Waals surface area contributed by atoms with Gasteiger partial charge in [-0.1, -0.05) is 28.1 Å². The summed E-state index contributed by atoms with van der Waals surface area (Å²) in [4.78, 5) is 28.5. The predicted molar refractivity (Wildman–Crippen MR) is 128 cm³/mol. The van der Waals surface area contributed by atoms with Crippen molar-refractivity contribution >= 4 is 27.9 Å². The van der Waals surface area contributed by atoms with Crippen LogP contribution in [0.15, 0.2) is 34.9 Å². The van der Waals surface area contributed by atoms with Crippen LogP contribution < -0.4 is 5.32 Å². The first-order chi connectivity index (χ1) is 15.4. The number of ether oxygens (including phenoxy) is 2. The Morgan fingerprint density at radius 3 is 2.41 bits per heavy atom. The number of rotatable bonds is 5. The maximum atomic E-state index is 12.2. The maximum Gasteiger partial charge on any atom is 0.407 e. The first kappa shape index (κ1) is 24.3. The molecule has 0 bridgehead atoms. The van der Waals surface area contributed by atoms with Gasteiger partial charge in [-0.05, 0) is 67.9 Å². The van der Waals surface area contributed by atoms with Crippen LogP contribution in [0.2, 0.25) is 0 Å². The zero-order chi connectivity index (χ0) is 23.1. The number of carbonyl (C=O) groups is 2. The molecule has 7 nitrogen and oxygen atoms in total. The summed E-state index contributed by atoms with van der Waals surface area (Å²) in [5.74, 6) is -0.109. The largest absolute Gasteiger partial charge is 0.453 e. The van der Waals surface area contributed by atoms with Crippen LogP contribution in [0.25, 0.3) is 11.3 Å². The molecule has 2 N–H and O–H groups in total. The lowest BCUT2D eigenvalue weighted by Gasteiger charge is -2.27. The van der Waals surface area contributed by atoms with E-state index >= 15 is 0 Å². The van der Waals surface area contributed by atoms with Gasteiger partial charge in [-0.2, -0.15) is 0 Å². The second-order valence-corrected chi connectivity index (χ2v) is 9.03. The van der Waals surface area contributed by atoms with E-state index in [1.54, 1.807) is 11.8 Å². The highest BCUT2D eigenvalue weighted by molar-refractivity contribution is 9.10. The Morgan fingerprint density at radius 2 is 1.78 bits per heavy atom. The zero-order valence-electron chi connectivity index (χ0n) is 18.9. The molecule has 2 aliphatic rings. The Bertz CT molecular complexity index is 906. The van der Waals surface area contributed by atoms with Crippen molar-refractivity contribution in [1.82, 2.24) is 15.2 Å². The predicted octanol–water partition coefficient (Wildman–Crippen LogP) is 4.30. The summed E-state index contributed by atoms with van der Waals surface area (Å²) < 4.78 is 10.8. The lowest BCUT2D eigenvalue weighted by Crippen LogP contribution is -2.53. The van der Waals surface area contributed by atoms with E-state index in [0.29, 0.717) is 0 Å². The summed E-state index contributed by atoms with van der Waals surface area (Å²) in [5.41, 5.74) is 5.64. The van der Waals surface area contributed by atoms with Crippen LogP contribution in [0.4, 0.5) is 4.79 Å². The Balaban J connectivity index is 0.000000181. The van der Waals surface area contributed by atoms with E-state index in [2.05, 4.69) is 61.4 Å². The van der Waals surface area contributed by atoms with Gasteiger partial charge >= 0.3 is 6.09 Å². The van der Waals surface area contributed by atoms with Crippen LogP contribution in [-0.4, -0.2) is 61.3 Å². The van der Waals surface area contributed by atoms with Gasteiger partial charge < -0.3 is 24.7 Å². The third-order valence-electron chi connectivity index (χ3n) is 6.07. The second-order valence-electron chi connectivity index (χ2n) is 8.11. The molecule has 174 valence electrons. The standard InChI is InChI=1S/C13H12BrN.C11H20N2O4/c14-11-6-4-9(5-7-11)13-12-3-1-2-10(12)8-15-13;1-8(16-2)9(12-11(15)17-3)10(14)13-6-4-5-7-13/h4-8,15H,1-3H2;8-9H,4-7H2,1-3H3,(H,12,15). The first-order valence-electron chi connectivity index (χ1n) is 11.1. The summed E-state index contributed by atoms with van der Waals surface area (Å²) >= 11 is 3.46. The molecule has 2 heterocycles. The number of aryl methyl sites for hydroxylation is 1. The molecule has 0 spiro atoms. The quantitative estimate of drug-likeness (QED) is 0.634. The molecule has 1 aromatic heterocycles. The number of aromatic nitrogens is 1. The van der Waals surface area contributed by atoms with Gasteiger partial charge in [0.2, 0.25) is 5.91 Å². The van der Waals surface area contributed by atoms with Crippen LogP contribution in [0.5, 0.6) is 0 Å². The number of nitrogens with zero attached hydrogens (tertiary/aromatic N) is 1. The van der Waals surface area contributed by atoms with Crippen molar-refractivity contribution in [2.75, 3.05) is 27.3 Å². The lowest BCUT2D eigenvalue weighted by atomic mass is 10.1. The number of likely N-dealkylation sites (tertiary alicyclic amines) is 1. The highest BCUT2D eigenvalue weighted by atomic mass is 79.9. The molecule has 1 aliphatic carbocycles. The van der Waals surface area contributed by atoms with E-state index in [1.807, 2.05) is 0 Å². The van der Waals surface area contributed by atoms with Crippen LogP contribution in [0.1, 0.15) is 37.3 Å². The molecule has 1 aliphatic heterocycles. The Hall–Kier alpha value is -2.32. The molecule has 2 amide bonds. The number of hydrogen-bond donors (Lipinski definition) is 2. The van der Waals surface area contributed by atoms with Crippen molar-refractivity contribution in [1.29, 1.82) is 0 Å². The van der Waals surface area contributed by atoms with E-state index in [1.165, 1.54) is 55.9 Å². The number of amides is 2. The van der Waals surface area contributed by atoms with Crippen LogP contribution >= 0.6 is 15.9 Å². The minimum atomic E-state index is -0.689. The summed E-state index contributed by atoms with van der Waals surface area (Å²) in [6, 6.07) is 7.82. The number of methoxy groups -OCH3 is 2. The van der Waals surface area contributed by atoms with Crippen molar-refractivity contribution in [3.05, 3.63) is 46.1 Å². The van der Waals surface area contributed by atoms with Gasteiger partial charge in [0.1, 0.15) is 6.04 Å². The number of alkyl carbamates (subject to hydrolysis) is 1. The van der Waals surface area contributed by atoms with Gasteiger partial charge in [0.15, 0.2) is 0 Å². The minimum absolute atomic E-state index is 0.109. The molecule has 0 saturated carbocycles. The number of hydrogen-bond acceptors (Lipinski definition) is 4. The van der Waals surface area contributed by atoms with E-state index in [9.17, 15) is 9.59 Å². The molecule has 8 heteroatoms. The Labute approximate surface area is 198 Å². The van der Waals surface area contributed by atoms with Crippen LogP contribution in [0.3, 0.4) is 0 Å². The fraction of sp³-hybridized carbons (Fsp3) is 0.500. The fourth-order valence-corrected chi connectivity index (χ4v) is 4.43. The van der Waals surface area contributed by atoms with E-state index in [4.69, 9.17) is 4.74 Å². The molecule has 1 fully saturated rings. The van der Waals surface area contributed by atoms with E-state index < -0.39 is 12.1 Å². The molecule has 2 atom stereocenters. The number of halogens is 1. The van der Waals surface area contributed by atoms with Gasteiger partial charge in [0.05, 0.1) is 13.2 Å². The minimum Gasteiger partial charge on any atom is -0.453 e. The number of aromatic amines is 1. The normalized spacial score (nSPS) is 16.6. The van der Waals surface area contributed by atoms with Crippen LogP contribution in [-0.2, 0) is 27.1 Å². The average Bonchev–Trinajstić information content (AvgIpc) is 3.56. The summed E-state index contributed by atoms with van der Waals surface area (Å²) in [5, 5.41) is 2.52. The maximum absolute atomic E-state index is 12.2. The van der Waals surface area contributed by atoms with Crippen molar-refractivity contribution in [2.45, 2.75) is 51.2 Å². The number of H-pyrrole nitrogens is 1. The molecule has 32 heavy (non-hydrogen) atoms. The average molecular weight is 506 g/mol. The smallest absolute Gasteiger partial charge is 0.407 e. The highest BCUT2D eigenvalue weighted by Crippen LogP contribution is 2.32. The molecule has 0 radical (unpaired) electrons. The molecule has 2 unspecified atom stereocenters. The van der Waals surface area contributed by atoms with Gasteiger partial charge in [-0.3, -0.25) is 4.79 Å². The fourth-order valence-electron chi connectivity index (χ4n) is 4.17. The third kappa shape index (κ3) is 5.92. The monoisotopic (exact) mass is 505 g/mol. The highest BCUT2D eigenvalue weighted by Gasteiger charge is 2.32. The Kier molecular flexibility index (Phi) is 8.75. The molecular formula is C24H32BrN3O4. The third-order valence-corrected chi connectivity index (χ3v) is 6.60. The van der Waals surface area contributed by atoms with Gasteiger partial charge in [0, 0.05) is 36.6 Å². The molecule has 1 saturated heterocycles. The van der Waals surface area contributed by atoms with E-state index in [0.717, 1.165) is 30.4 Å². The molecule has 1 aromatic carbocycles. The Morgan fingerprint density at radius 1 is 1.09 bits per heavy atom. The SMILES string of the molecule is Brc1ccc(-c2[nH]cc3c2CCC3)cc1.COC(=O)NC(C(=O)N1CCCC1)C(C)OC. The number of carbonyl (C=O) groups excluding carboxylic acids is 2. The summed E-state index contributed by atoms with van der Waals surface area (Å²) in [7, 11) is 2.78. The lowest BCUT2D eigenvalue weighted by molar-refractivity contribution is -0.135.